The zero-order valence-electron chi connectivity index (χ0n) is 15.2. The normalized spacial score (nSPS) is 15.6. The lowest BCUT2D eigenvalue weighted by atomic mass is 9.96. The number of para-hydroxylation sites is 1. The van der Waals surface area contributed by atoms with Gasteiger partial charge in [-0.25, -0.2) is 4.79 Å². The van der Waals surface area contributed by atoms with Gasteiger partial charge in [0.1, 0.15) is 0 Å². The summed E-state index contributed by atoms with van der Waals surface area (Å²) in [5.41, 5.74) is 3.49. The van der Waals surface area contributed by atoms with Gasteiger partial charge in [-0.2, -0.15) is 0 Å². The van der Waals surface area contributed by atoms with Crippen LogP contribution in [0.2, 0.25) is 0 Å². The monoisotopic (exact) mass is 415 g/mol. The third-order valence-corrected chi connectivity index (χ3v) is 5.56. The first-order chi connectivity index (χ1) is 12.6. The first kappa shape index (κ1) is 18.9. The first-order valence-corrected chi connectivity index (χ1v) is 9.97. The molecule has 0 bridgehead atoms. The molecule has 1 saturated heterocycles. The van der Waals surface area contributed by atoms with Gasteiger partial charge in [-0.1, -0.05) is 42.0 Å². The van der Waals surface area contributed by atoms with Crippen LogP contribution in [-0.4, -0.2) is 30.6 Å². The van der Waals surface area contributed by atoms with E-state index >= 15 is 0 Å². The van der Waals surface area contributed by atoms with Gasteiger partial charge in [-0.05, 0) is 72.4 Å². The number of aryl methyl sites for hydroxylation is 1. The van der Waals surface area contributed by atoms with E-state index in [9.17, 15) is 4.79 Å². The van der Waals surface area contributed by atoms with E-state index in [-0.39, 0.29) is 6.03 Å². The summed E-state index contributed by atoms with van der Waals surface area (Å²) in [6.45, 7) is 6.07. The Bertz CT molecular complexity index is 742. The van der Waals surface area contributed by atoms with Gasteiger partial charge in [0.2, 0.25) is 0 Å². The van der Waals surface area contributed by atoms with E-state index in [0.717, 1.165) is 49.2 Å². The predicted octanol–water partition coefficient (Wildman–Crippen LogP) is 4.79. The molecule has 26 heavy (non-hydrogen) atoms. The van der Waals surface area contributed by atoms with Crippen molar-refractivity contribution in [2.24, 2.45) is 5.92 Å². The molecule has 2 amide bonds. The summed E-state index contributed by atoms with van der Waals surface area (Å²) < 4.78 is 0.889. The van der Waals surface area contributed by atoms with Crippen LogP contribution < -0.4 is 10.6 Å². The lowest BCUT2D eigenvalue weighted by Crippen LogP contribution is -2.39. The van der Waals surface area contributed by atoms with Crippen LogP contribution in [0.3, 0.4) is 0 Å². The van der Waals surface area contributed by atoms with Crippen LogP contribution in [-0.2, 0) is 6.54 Å². The Morgan fingerprint density at radius 1 is 1.15 bits per heavy atom. The molecule has 1 aliphatic heterocycles. The Hall–Kier alpha value is -1.85. The van der Waals surface area contributed by atoms with Crippen LogP contribution >= 0.6 is 15.9 Å². The Morgan fingerprint density at radius 3 is 2.65 bits per heavy atom. The maximum absolute atomic E-state index is 12.1. The second kappa shape index (κ2) is 9.19. The van der Waals surface area contributed by atoms with E-state index in [4.69, 9.17) is 0 Å². The molecule has 0 spiro atoms. The molecule has 1 fully saturated rings. The van der Waals surface area contributed by atoms with E-state index < -0.39 is 0 Å². The molecule has 0 saturated carbocycles. The van der Waals surface area contributed by atoms with Crippen LogP contribution in [0.25, 0.3) is 0 Å². The van der Waals surface area contributed by atoms with Crippen molar-refractivity contribution in [2.45, 2.75) is 26.3 Å². The number of rotatable bonds is 5. The molecule has 2 aromatic rings. The zero-order chi connectivity index (χ0) is 18.4. The number of likely N-dealkylation sites (tertiary alicyclic amines) is 1. The molecule has 5 heteroatoms. The Balaban J connectivity index is 1.39. The summed E-state index contributed by atoms with van der Waals surface area (Å²) in [4.78, 5) is 14.6. The Morgan fingerprint density at radius 2 is 1.92 bits per heavy atom. The molecule has 3 rings (SSSR count). The number of carbonyl (C=O) groups excluding carboxylic acids is 1. The molecular weight excluding hydrogens is 390 g/mol. The van der Waals surface area contributed by atoms with Crippen LogP contribution in [0.4, 0.5) is 10.5 Å². The maximum Gasteiger partial charge on any atom is 0.319 e. The first-order valence-electron chi connectivity index (χ1n) is 9.17. The molecule has 0 unspecified atom stereocenters. The fourth-order valence-corrected chi connectivity index (χ4v) is 3.77. The van der Waals surface area contributed by atoms with E-state index in [1.165, 1.54) is 11.1 Å². The number of nitrogens with zero attached hydrogens (tertiary/aromatic N) is 1. The highest BCUT2D eigenvalue weighted by molar-refractivity contribution is 9.10. The second-order valence-corrected chi connectivity index (χ2v) is 7.88. The van der Waals surface area contributed by atoms with Crippen molar-refractivity contribution in [3.05, 3.63) is 64.1 Å². The van der Waals surface area contributed by atoms with Gasteiger partial charge >= 0.3 is 6.03 Å². The molecule has 4 nitrogen and oxygen atoms in total. The molecule has 1 aliphatic rings. The number of anilines is 1. The highest BCUT2D eigenvalue weighted by atomic mass is 79.9. The number of benzene rings is 2. The summed E-state index contributed by atoms with van der Waals surface area (Å²) in [5.74, 6) is 0.550. The summed E-state index contributed by atoms with van der Waals surface area (Å²) in [6.07, 6.45) is 2.25. The lowest BCUT2D eigenvalue weighted by Gasteiger charge is -2.32. The van der Waals surface area contributed by atoms with Gasteiger partial charge in [0.25, 0.3) is 0 Å². The number of nitrogens with one attached hydrogen (secondary N) is 2. The number of hydrogen-bond donors (Lipinski definition) is 2. The SMILES string of the molecule is Cc1cccc(CN2CCC(CNC(=O)Nc3ccccc3Br)CC2)c1. The van der Waals surface area contributed by atoms with Crippen molar-refractivity contribution < 1.29 is 4.79 Å². The number of amides is 2. The van der Waals surface area contributed by atoms with Crippen molar-refractivity contribution in [3.8, 4) is 0 Å². The highest BCUT2D eigenvalue weighted by Crippen LogP contribution is 2.21. The fourth-order valence-electron chi connectivity index (χ4n) is 3.38. The van der Waals surface area contributed by atoms with Crippen LogP contribution in [0.15, 0.2) is 53.0 Å². The molecule has 138 valence electrons. The summed E-state index contributed by atoms with van der Waals surface area (Å²) in [5, 5.41) is 5.90. The lowest BCUT2D eigenvalue weighted by molar-refractivity contribution is 0.175. The Kier molecular flexibility index (Phi) is 6.69. The minimum Gasteiger partial charge on any atom is -0.338 e. The van der Waals surface area contributed by atoms with Gasteiger partial charge in [0.05, 0.1) is 5.69 Å². The number of urea groups is 1. The summed E-state index contributed by atoms with van der Waals surface area (Å²) in [6, 6.07) is 16.2. The highest BCUT2D eigenvalue weighted by Gasteiger charge is 2.20. The predicted molar refractivity (Wildman–Crippen MR) is 110 cm³/mol. The van der Waals surface area contributed by atoms with Gasteiger partial charge < -0.3 is 10.6 Å². The molecule has 2 aromatic carbocycles. The fraction of sp³-hybridized carbons (Fsp3) is 0.381. The quantitative estimate of drug-likeness (QED) is 0.736. The zero-order valence-corrected chi connectivity index (χ0v) is 16.8. The van der Waals surface area contributed by atoms with Crippen LogP contribution in [0.1, 0.15) is 24.0 Å². The van der Waals surface area contributed by atoms with Crippen LogP contribution in [0.5, 0.6) is 0 Å². The average Bonchev–Trinajstić information content (AvgIpc) is 2.63. The van der Waals surface area contributed by atoms with E-state index in [0.29, 0.717) is 5.92 Å². The number of carbonyl (C=O) groups is 1. The molecule has 0 radical (unpaired) electrons. The molecule has 0 atom stereocenters. The minimum absolute atomic E-state index is 0.140. The second-order valence-electron chi connectivity index (χ2n) is 7.02. The van der Waals surface area contributed by atoms with Crippen LogP contribution in [0, 0.1) is 12.8 Å². The maximum atomic E-state index is 12.1. The molecule has 0 aliphatic carbocycles. The standard InChI is InChI=1S/C21H26BrN3O/c1-16-5-4-6-18(13-16)15-25-11-9-17(10-12-25)14-23-21(26)24-20-8-3-2-7-19(20)22/h2-8,13,17H,9-12,14-15H2,1H3,(H2,23,24,26). The number of piperidine rings is 1. The van der Waals surface area contributed by atoms with Gasteiger partial charge in [-0.3, -0.25) is 4.90 Å². The largest absolute Gasteiger partial charge is 0.338 e. The van der Waals surface area contributed by atoms with Crippen molar-refractivity contribution in [1.29, 1.82) is 0 Å². The van der Waals surface area contributed by atoms with E-state index in [1.807, 2.05) is 24.3 Å². The molecule has 1 heterocycles. The van der Waals surface area contributed by atoms with Gasteiger partial charge in [-0.15, -0.1) is 0 Å². The molecule has 2 N–H and O–H groups in total. The number of hydrogen-bond acceptors (Lipinski definition) is 2. The van der Waals surface area contributed by atoms with Gasteiger partial charge in [0.15, 0.2) is 0 Å². The van der Waals surface area contributed by atoms with Crippen molar-refractivity contribution in [1.82, 2.24) is 10.2 Å². The smallest absolute Gasteiger partial charge is 0.319 e. The number of halogens is 1. The Labute approximate surface area is 164 Å². The van der Waals surface area contributed by atoms with E-state index in [1.54, 1.807) is 0 Å². The third kappa shape index (κ3) is 5.58. The van der Waals surface area contributed by atoms with Crippen molar-refractivity contribution in [2.75, 3.05) is 25.0 Å². The van der Waals surface area contributed by atoms with Crippen molar-refractivity contribution in [3.63, 3.8) is 0 Å². The summed E-state index contributed by atoms with van der Waals surface area (Å²) in [7, 11) is 0. The molecule has 0 aromatic heterocycles. The molecular formula is C21H26BrN3O. The van der Waals surface area contributed by atoms with E-state index in [2.05, 4.69) is 62.7 Å². The topological polar surface area (TPSA) is 44.4 Å². The van der Waals surface area contributed by atoms with Crippen molar-refractivity contribution >= 4 is 27.6 Å². The van der Waals surface area contributed by atoms with Gasteiger partial charge in [0, 0.05) is 17.6 Å². The minimum atomic E-state index is -0.140. The average molecular weight is 416 g/mol. The summed E-state index contributed by atoms with van der Waals surface area (Å²) >= 11 is 3.44. The third-order valence-electron chi connectivity index (χ3n) is 4.87.